The molecule has 0 heterocycles. The minimum atomic E-state index is -4.10. The quantitative estimate of drug-likeness (QED) is 0.532. The first-order chi connectivity index (χ1) is 6.97. The molecule has 0 aromatic carbocycles. The Morgan fingerprint density at radius 2 is 1.59 bits per heavy atom. The van der Waals surface area contributed by atoms with Crippen molar-refractivity contribution in [1.82, 2.24) is 0 Å². The third kappa shape index (κ3) is 11.5. The summed E-state index contributed by atoms with van der Waals surface area (Å²) in [5, 5.41) is 0. The summed E-state index contributed by atoms with van der Waals surface area (Å²) in [5.41, 5.74) is 0. The summed E-state index contributed by atoms with van der Waals surface area (Å²) in [6.45, 7) is 5.39. The van der Waals surface area contributed by atoms with E-state index in [0.29, 0.717) is 6.04 Å². The molecule has 0 aliphatic heterocycles. The summed E-state index contributed by atoms with van der Waals surface area (Å²) in [6.07, 6.45) is -0.157. The fourth-order valence-corrected chi connectivity index (χ4v) is 5.61. The average Bonchev–Trinajstić information content (AvgIpc) is 1.99. The zero-order chi connectivity index (χ0) is 13.0. The summed E-state index contributed by atoms with van der Waals surface area (Å²) in [4.78, 5) is 0. The van der Waals surface area contributed by atoms with E-state index >= 15 is 0 Å². The summed E-state index contributed by atoms with van der Waals surface area (Å²) in [5.74, 6) is -0.951. The zero-order valence-corrected chi connectivity index (χ0v) is 12.3. The third-order valence-corrected chi connectivity index (χ3v) is 8.12. The third-order valence-electron chi connectivity index (χ3n) is 2.00. The Hall–Kier alpha value is 0.634. The van der Waals surface area contributed by atoms with Crippen LogP contribution in [0, 0.1) is 0 Å². The molecule has 0 spiro atoms. The van der Waals surface area contributed by atoms with E-state index in [1.807, 2.05) is 6.92 Å². The van der Waals surface area contributed by atoms with Gasteiger partial charge in [0.1, 0.15) is 0 Å². The number of hydrogen-bond acceptors (Lipinski definition) is 5. The van der Waals surface area contributed by atoms with E-state index in [4.69, 9.17) is 8.42 Å². The molecule has 6 nitrogen and oxygen atoms in total. The fourth-order valence-electron chi connectivity index (χ4n) is 0.862. The minimum absolute atomic E-state index is 0. The van der Waals surface area contributed by atoms with Crippen molar-refractivity contribution in [3.05, 3.63) is 0 Å². The monoisotopic (exact) mass is 298 g/mol. The van der Waals surface area contributed by atoms with Crippen LogP contribution in [0.2, 0.25) is 19.1 Å². The van der Waals surface area contributed by atoms with Crippen molar-refractivity contribution in [2.45, 2.75) is 32.5 Å². The molecule has 0 bridgehead atoms. The van der Waals surface area contributed by atoms with Crippen LogP contribution in [0.15, 0.2) is 0 Å². The van der Waals surface area contributed by atoms with Gasteiger partial charge in [-0.25, -0.2) is 8.42 Å². The van der Waals surface area contributed by atoms with Crippen molar-refractivity contribution in [3.63, 3.8) is 0 Å². The van der Waals surface area contributed by atoms with Crippen LogP contribution in [-0.2, 0) is 24.1 Å². The van der Waals surface area contributed by atoms with Crippen LogP contribution in [-0.4, -0.2) is 60.1 Å². The molecular weight excluding hydrogens is 279 g/mol. The summed E-state index contributed by atoms with van der Waals surface area (Å²) in [7, 11) is -10.0. The zero-order valence-electron chi connectivity index (χ0n) is 9.63. The van der Waals surface area contributed by atoms with Gasteiger partial charge in [0.2, 0.25) is 8.32 Å². The summed E-state index contributed by atoms with van der Waals surface area (Å²) in [6, 6.07) is 0.657. The Labute approximate surface area is 116 Å². The molecular formula is C7H19LiO6S2Si. The Kier molecular flexibility index (Phi) is 8.55. The normalized spacial score (nSPS) is 13.2. The van der Waals surface area contributed by atoms with E-state index in [1.165, 1.54) is 0 Å². The van der Waals surface area contributed by atoms with Crippen molar-refractivity contribution < 1.29 is 25.3 Å². The molecule has 0 aliphatic rings. The van der Waals surface area contributed by atoms with E-state index in [9.17, 15) is 16.8 Å². The standard InChI is InChI=1S/C7H18O6S2Si.Li.H/c1-4-16(2,3)13-15(11,12)7-5-6-14(8,9)10;;/h4-7H2,1-3H3,(H,8,9,10);;. The van der Waals surface area contributed by atoms with Gasteiger partial charge in [-0.15, -0.1) is 0 Å². The Balaban J connectivity index is 0. The Morgan fingerprint density at radius 1 is 1.12 bits per heavy atom. The van der Waals surface area contributed by atoms with E-state index in [-0.39, 0.29) is 31.0 Å². The topological polar surface area (TPSA) is 97.7 Å². The molecule has 1 N–H and O–H groups in total. The fraction of sp³-hybridized carbons (Fsp3) is 1.00. The van der Waals surface area contributed by atoms with Crippen LogP contribution in [0.25, 0.3) is 0 Å². The first kappa shape index (κ1) is 20.0. The molecule has 0 aromatic rings. The predicted octanol–water partition coefficient (Wildman–Crippen LogP) is 0.187. The van der Waals surface area contributed by atoms with Gasteiger partial charge in [0.15, 0.2) is 0 Å². The van der Waals surface area contributed by atoms with Crippen molar-refractivity contribution >= 4 is 47.4 Å². The second-order valence-corrected chi connectivity index (χ2v) is 12.1. The van der Waals surface area contributed by atoms with Crippen LogP contribution in [0.3, 0.4) is 0 Å². The van der Waals surface area contributed by atoms with E-state index < -0.39 is 34.3 Å². The Morgan fingerprint density at radius 3 is 1.94 bits per heavy atom. The molecule has 100 valence electrons. The van der Waals surface area contributed by atoms with Crippen LogP contribution in [0.1, 0.15) is 13.3 Å². The second kappa shape index (κ2) is 7.28. The maximum absolute atomic E-state index is 11.4. The molecule has 0 saturated carbocycles. The van der Waals surface area contributed by atoms with Gasteiger partial charge in [0.05, 0.1) is 11.5 Å². The van der Waals surface area contributed by atoms with E-state index in [0.717, 1.165) is 0 Å². The van der Waals surface area contributed by atoms with Crippen molar-refractivity contribution in [1.29, 1.82) is 0 Å². The predicted molar refractivity (Wildman–Crippen MR) is 71.0 cm³/mol. The molecule has 0 aromatic heterocycles. The van der Waals surface area contributed by atoms with E-state index in [1.54, 1.807) is 13.1 Å². The summed E-state index contributed by atoms with van der Waals surface area (Å²) >= 11 is 0. The van der Waals surface area contributed by atoms with Crippen LogP contribution in [0.4, 0.5) is 0 Å². The van der Waals surface area contributed by atoms with Gasteiger partial charge in [-0.3, -0.25) is 4.55 Å². The second-order valence-electron chi connectivity index (χ2n) is 4.10. The van der Waals surface area contributed by atoms with Gasteiger partial charge in [-0.1, -0.05) is 6.92 Å². The molecule has 0 fully saturated rings. The molecule has 10 heteroatoms. The molecule has 0 aliphatic carbocycles. The first-order valence-corrected chi connectivity index (χ1v) is 11.2. The van der Waals surface area contributed by atoms with Crippen molar-refractivity contribution in [2.24, 2.45) is 0 Å². The van der Waals surface area contributed by atoms with Gasteiger partial charge in [-0.2, -0.15) is 8.42 Å². The molecule has 0 atom stereocenters. The number of hydrogen-bond donors (Lipinski definition) is 1. The maximum atomic E-state index is 11.4. The summed E-state index contributed by atoms with van der Waals surface area (Å²) < 4.78 is 57.1. The number of rotatable bonds is 7. The van der Waals surface area contributed by atoms with Crippen LogP contribution >= 0.6 is 0 Å². The van der Waals surface area contributed by atoms with Gasteiger partial charge in [0, 0.05) is 0 Å². The van der Waals surface area contributed by atoms with Gasteiger partial charge < -0.3 is 3.87 Å². The molecule has 0 amide bonds. The SMILES string of the molecule is CC[Si](C)(C)OS(=O)(=O)CCCS(=O)(=O)O.[LiH]. The van der Waals surface area contributed by atoms with Crippen LogP contribution in [0.5, 0.6) is 0 Å². The molecule has 0 unspecified atom stereocenters. The molecule has 0 rings (SSSR count). The molecule has 17 heavy (non-hydrogen) atoms. The Bertz CT molecular complexity index is 416. The molecule has 0 radical (unpaired) electrons. The first-order valence-electron chi connectivity index (χ1n) is 4.86. The molecule has 0 saturated heterocycles. The van der Waals surface area contributed by atoms with E-state index in [2.05, 4.69) is 0 Å². The van der Waals surface area contributed by atoms with Crippen molar-refractivity contribution in [2.75, 3.05) is 11.5 Å². The van der Waals surface area contributed by atoms with Crippen LogP contribution < -0.4 is 0 Å². The van der Waals surface area contributed by atoms with Gasteiger partial charge in [-0.05, 0) is 25.6 Å². The van der Waals surface area contributed by atoms with Crippen molar-refractivity contribution in [3.8, 4) is 0 Å². The van der Waals surface area contributed by atoms with Gasteiger partial charge in [0.25, 0.3) is 20.2 Å². The average molecular weight is 298 g/mol. The van der Waals surface area contributed by atoms with Gasteiger partial charge >= 0.3 is 18.9 Å².